The van der Waals surface area contributed by atoms with Gasteiger partial charge in [-0.15, -0.1) is 0 Å². The van der Waals surface area contributed by atoms with Crippen LogP contribution in [0.5, 0.6) is 0 Å². The molecule has 0 radical (unpaired) electrons. The predicted molar refractivity (Wildman–Crippen MR) is 132 cm³/mol. The number of hydrogen-bond acceptors (Lipinski definition) is 7. The molecule has 3 heterocycles. The first-order valence-corrected chi connectivity index (χ1v) is 12.1. The Bertz CT molecular complexity index is 987. The van der Waals surface area contributed by atoms with Gasteiger partial charge in [-0.1, -0.05) is 30.3 Å². The maximum absolute atomic E-state index is 12.3. The fourth-order valence-corrected chi connectivity index (χ4v) is 4.12. The first-order chi connectivity index (χ1) is 16.8. The number of urea groups is 1. The molecule has 35 heavy (non-hydrogen) atoms. The van der Waals surface area contributed by atoms with Gasteiger partial charge in [0.25, 0.3) is 0 Å². The van der Waals surface area contributed by atoms with E-state index in [2.05, 4.69) is 32.7 Å². The summed E-state index contributed by atoms with van der Waals surface area (Å²) in [4.78, 5) is 37.0. The summed E-state index contributed by atoms with van der Waals surface area (Å²) >= 11 is 0. The van der Waals surface area contributed by atoms with Gasteiger partial charge in [0.1, 0.15) is 5.60 Å². The summed E-state index contributed by atoms with van der Waals surface area (Å²) in [5.41, 5.74) is 1.16. The zero-order valence-electron chi connectivity index (χ0n) is 20.6. The molecule has 2 saturated heterocycles. The fourth-order valence-electron chi connectivity index (χ4n) is 4.12. The van der Waals surface area contributed by atoms with Crippen LogP contribution in [0.2, 0.25) is 0 Å². The van der Waals surface area contributed by atoms with Crippen molar-refractivity contribution in [2.75, 3.05) is 42.9 Å². The number of rotatable bonds is 5. The Labute approximate surface area is 206 Å². The summed E-state index contributed by atoms with van der Waals surface area (Å²) in [7, 11) is 0. The predicted octanol–water partition coefficient (Wildman–Crippen LogP) is 3.58. The number of amides is 3. The van der Waals surface area contributed by atoms with E-state index in [0.717, 1.165) is 12.8 Å². The highest BCUT2D eigenvalue weighted by Gasteiger charge is 2.28. The summed E-state index contributed by atoms with van der Waals surface area (Å²) in [5, 5.41) is 5.63. The molecular formula is C25H34N6O4. The standard InChI is InChI=1S/C25H34N6O4/c1-25(2,3)35-24(33)31-13-11-30(12-14-31)22-26-15-19(16-27-22)29-23(32)28-17-20-9-10-21(34-20)18-7-5-4-6-8-18/h4-8,15-16,20-21H,9-14,17H2,1-3H3,(H2,28,29,32). The SMILES string of the molecule is CC(C)(C)OC(=O)N1CCN(c2ncc(NC(=O)NCC3CCC(c4ccccc4)O3)cn2)CC1. The van der Waals surface area contributed by atoms with Crippen LogP contribution in [0.25, 0.3) is 0 Å². The Morgan fingerprint density at radius 1 is 1.06 bits per heavy atom. The van der Waals surface area contributed by atoms with Gasteiger partial charge < -0.3 is 29.9 Å². The smallest absolute Gasteiger partial charge is 0.410 e. The molecule has 1 aromatic carbocycles. The van der Waals surface area contributed by atoms with Crippen molar-refractivity contribution in [2.24, 2.45) is 0 Å². The van der Waals surface area contributed by atoms with E-state index >= 15 is 0 Å². The van der Waals surface area contributed by atoms with Crippen LogP contribution in [0.15, 0.2) is 42.7 Å². The number of nitrogens with zero attached hydrogens (tertiary/aromatic N) is 4. The molecule has 2 aromatic rings. The Balaban J connectivity index is 1.18. The number of aromatic nitrogens is 2. The van der Waals surface area contributed by atoms with Crippen molar-refractivity contribution >= 4 is 23.8 Å². The molecule has 0 saturated carbocycles. The van der Waals surface area contributed by atoms with Crippen molar-refractivity contribution in [3.8, 4) is 0 Å². The molecule has 3 amide bonds. The van der Waals surface area contributed by atoms with Crippen molar-refractivity contribution in [1.82, 2.24) is 20.2 Å². The fraction of sp³-hybridized carbons (Fsp3) is 0.520. The Morgan fingerprint density at radius 2 is 1.74 bits per heavy atom. The Kier molecular flexibility index (Phi) is 7.70. The van der Waals surface area contributed by atoms with E-state index in [-0.39, 0.29) is 24.3 Å². The first kappa shape index (κ1) is 24.7. The molecule has 2 aliphatic heterocycles. The summed E-state index contributed by atoms with van der Waals surface area (Å²) in [5.74, 6) is 0.561. The molecule has 2 unspecified atom stereocenters. The molecule has 0 spiro atoms. The number of carbonyl (C=O) groups is 2. The number of ether oxygens (including phenoxy) is 2. The van der Waals surface area contributed by atoms with Crippen LogP contribution < -0.4 is 15.5 Å². The average Bonchev–Trinajstić information content (AvgIpc) is 3.32. The van der Waals surface area contributed by atoms with Gasteiger partial charge in [0, 0.05) is 32.7 Å². The van der Waals surface area contributed by atoms with E-state index in [0.29, 0.717) is 44.4 Å². The van der Waals surface area contributed by atoms with E-state index in [1.165, 1.54) is 5.56 Å². The van der Waals surface area contributed by atoms with E-state index in [1.54, 1.807) is 17.3 Å². The number of hydrogen-bond donors (Lipinski definition) is 2. The van der Waals surface area contributed by atoms with Crippen molar-refractivity contribution in [1.29, 1.82) is 0 Å². The van der Waals surface area contributed by atoms with Gasteiger partial charge in [0.2, 0.25) is 5.95 Å². The van der Waals surface area contributed by atoms with Crippen molar-refractivity contribution in [3.05, 3.63) is 48.3 Å². The lowest BCUT2D eigenvalue weighted by Gasteiger charge is -2.35. The van der Waals surface area contributed by atoms with E-state index in [9.17, 15) is 9.59 Å². The molecule has 0 bridgehead atoms. The molecule has 4 rings (SSSR count). The van der Waals surface area contributed by atoms with Crippen LogP contribution >= 0.6 is 0 Å². The monoisotopic (exact) mass is 482 g/mol. The number of benzene rings is 1. The minimum atomic E-state index is -0.513. The van der Waals surface area contributed by atoms with Gasteiger partial charge in [-0.3, -0.25) is 0 Å². The zero-order valence-corrected chi connectivity index (χ0v) is 20.6. The zero-order chi connectivity index (χ0) is 24.8. The quantitative estimate of drug-likeness (QED) is 0.670. The van der Waals surface area contributed by atoms with Crippen LogP contribution in [-0.2, 0) is 9.47 Å². The third-order valence-corrected chi connectivity index (χ3v) is 5.88. The molecule has 188 valence electrons. The van der Waals surface area contributed by atoms with E-state index in [1.807, 2.05) is 43.9 Å². The summed E-state index contributed by atoms with van der Waals surface area (Å²) in [6.07, 6.45) is 4.78. The number of nitrogens with one attached hydrogen (secondary N) is 2. The Hall–Kier alpha value is -3.40. The van der Waals surface area contributed by atoms with Gasteiger partial charge in [0.15, 0.2) is 0 Å². The third-order valence-electron chi connectivity index (χ3n) is 5.88. The molecule has 2 aliphatic rings. The van der Waals surface area contributed by atoms with Gasteiger partial charge >= 0.3 is 12.1 Å². The lowest BCUT2D eigenvalue weighted by Crippen LogP contribution is -2.50. The minimum Gasteiger partial charge on any atom is -0.444 e. The largest absolute Gasteiger partial charge is 0.444 e. The summed E-state index contributed by atoms with van der Waals surface area (Å²) < 4.78 is 11.5. The maximum Gasteiger partial charge on any atom is 0.410 e. The second-order valence-corrected chi connectivity index (χ2v) is 9.80. The maximum atomic E-state index is 12.3. The highest BCUT2D eigenvalue weighted by Crippen LogP contribution is 2.32. The van der Waals surface area contributed by atoms with Gasteiger partial charge in [-0.05, 0) is 39.2 Å². The molecule has 10 heteroatoms. The van der Waals surface area contributed by atoms with Crippen molar-refractivity contribution in [2.45, 2.75) is 51.4 Å². The highest BCUT2D eigenvalue weighted by molar-refractivity contribution is 5.88. The molecule has 10 nitrogen and oxygen atoms in total. The lowest BCUT2D eigenvalue weighted by molar-refractivity contribution is 0.0240. The molecular weight excluding hydrogens is 448 g/mol. The third kappa shape index (κ3) is 7.05. The molecule has 2 atom stereocenters. The van der Waals surface area contributed by atoms with Crippen LogP contribution in [-0.4, -0.2) is 71.4 Å². The second kappa shape index (κ2) is 10.9. The van der Waals surface area contributed by atoms with Gasteiger partial charge in [-0.2, -0.15) is 0 Å². The molecule has 2 N–H and O–H groups in total. The van der Waals surface area contributed by atoms with Gasteiger partial charge in [0.05, 0.1) is 30.3 Å². The second-order valence-electron chi connectivity index (χ2n) is 9.80. The molecule has 2 fully saturated rings. The summed E-state index contributed by atoms with van der Waals surface area (Å²) in [6.45, 7) is 8.30. The van der Waals surface area contributed by atoms with Crippen molar-refractivity contribution in [3.63, 3.8) is 0 Å². The normalized spacial score (nSPS) is 20.4. The lowest BCUT2D eigenvalue weighted by atomic mass is 10.1. The van der Waals surface area contributed by atoms with Crippen LogP contribution in [0.1, 0.15) is 45.3 Å². The Morgan fingerprint density at radius 3 is 2.40 bits per heavy atom. The van der Waals surface area contributed by atoms with Crippen molar-refractivity contribution < 1.29 is 19.1 Å². The topological polar surface area (TPSA) is 109 Å². The highest BCUT2D eigenvalue weighted by atomic mass is 16.6. The number of anilines is 2. The molecule has 0 aliphatic carbocycles. The number of carbonyl (C=O) groups excluding carboxylic acids is 2. The first-order valence-electron chi connectivity index (χ1n) is 12.1. The van der Waals surface area contributed by atoms with Crippen LogP contribution in [0.4, 0.5) is 21.2 Å². The molecule has 1 aromatic heterocycles. The van der Waals surface area contributed by atoms with Crippen LogP contribution in [0, 0.1) is 0 Å². The average molecular weight is 483 g/mol. The summed E-state index contributed by atoms with van der Waals surface area (Å²) in [6, 6.07) is 9.82. The number of piperazine rings is 1. The van der Waals surface area contributed by atoms with E-state index < -0.39 is 5.60 Å². The van der Waals surface area contributed by atoms with Gasteiger partial charge in [-0.25, -0.2) is 19.6 Å². The minimum absolute atomic E-state index is 0.0103. The van der Waals surface area contributed by atoms with Crippen LogP contribution in [0.3, 0.4) is 0 Å². The van der Waals surface area contributed by atoms with E-state index in [4.69, 9.17) is 9.47 Å².